The van der Waals surface area contributed by atoms with Gasteiger partial charge in [-0.15, -0.1) is 0 Å². The molecule has 1 saturated heterocycles. The number of H-pyrrole nitrogens is 1. The first kappa shape index (κ1) is 15.3. The maximum atomic E-state index is 13.2. The molecule has 22 heavy (non-hydrogen) atoms. The van der Waals surface area contributed by atoms with E-state index < -0.39 is 17.0 Å². The van der Waals surface area contributed by atoms with Crippen molar-refractivity contribution >= 4 is 5.91 Å². The molecule has 2 heterocycles. The molecule has 2 atom stereocenters. The van der Waals surface area contributed by atoms with Crippen LogP contribution in [0.3, 0.4) is 0 Å². The molecule has 3 rings (SSSR count). The van der Waals surface area contributed by atoms with E-state index in [0.29, 0.717) is 6.54 Å². The number of aromatic nitrogens is 2. The highest BCUT2D eigenvalue weighted by molar-refractivity contribution is 5.79. The summed E-state index contributed by atoms with van der Waals surface area (Å²) in [6.45, 7) is 3.93. The fourth-order valence-electron chi connectivity index (χ4n) is 3.65. The summed E-state index contributed by atoms with van der Waals surface area (Å²) in [4.78, 5) is 12.0. The van der Waals surface area contributed by atoms with Crippen LogP contribution in [0.25, 0.3) is 0 Å². The van der Waals surface area contributed by atoms with Crippen molar-refractivity contribution in [2.24, 2.45) is 10.8 Å². The van der Waals surface area contributed by atoms with E-state index in [9.17, 15) is 18.0 Å². The fraction of sp³-hybridized carbons (Fsp3) is 0.714. The lowest BCUT2D eigenvalue weighted by Crippen LogP contribution is -2.38. The number of nitrogens with zero attached hydrogens (tertiary/aromatic N) is 1. The molecule has 2 aliphatic rings. The third-order valence-electron chi connectivity index (χ3n) is 5.21. The topological polar surface area (TPSA) is 69.8 Å². The number of halogens is 3. The Morgan fingerprint density at radius 2 is 2.09 bits per heavy atom. The van der Waals surface area contributed by atoms with Crippen LogP contribution < -0.4 is 10.6 Å². The van der Waals surface area contributed by atoms with Gasteiger partial charge in [0.1, 0.15) is 0 Å². The van der Waals surface area contributed by atoms with Crippen molar-refractivity contribution in [1.29, 1.82) is 0 Å². The molecule has 0 aromatic carbocycles. The molecule has 1 amide bonds. The van der Waals surface area contributed by atoms with Gasteiger partial charge in [-0.25, -0.2) is 0 Å². The number of alkyl halides is 3. The van der Waals surface area contributed by atoms with Crippen LogP contribution in [-0.4, -0.2) is 41.9 Å². The SMILES string of the molecule is Cc1n[nH]c(C)c1CC(=O)NC[C@@]12CNC[C@]1(C(F)(F)F)C2. The molecule has 0 bridgehead atoms. The molecule has 0 unspecified atom stereocenters. The number of aryl methyl sites for hydroxylation is 2. The highest BCUT2D eigenvalue weighted by atomic mass is 19.4. The molecule has 1 saturated carbocycles. The Labute approximate surface area is 126 Å². The van der Waals surface area contributed by atoms with Gasteiger partial charge in [0, 0.05) is 36.3 Å². The number of amides is 1. The normalized spacial score (nSPS) is 30.2. The minimum atomic E-state index is -4.22. The van der Waals surface area contributed by atoms with Gasteiger partial charge in [0.15, 0.2) is 0 Å². The molecule has 1 aromatic rings. The van der Waals surface area contributed by atoms with Crippen LogP contribution in [0.5, 0.6) is 0 Å². The van der Waals surface area contributed by atoms with E-state index in [4.69, 9.17) is 0 Å². The monoisotopic (exact) mass is 316 g/mol. The molecule has 8 heteroatoms. The number of carbonyl (C=O) groups is 1. The summed E-state index contributed by atoms with van der Waals surface area (Å²) in [6, 6.07) is 0. The summed E-state index contributed by atoms with van der Waals surface area (Å²) in [5.41, 5.74) is -0.179. The second kappa shape index (κ2) is 4.71. The standard InChI is InChI=1S/C14H19F3N4O/c1-8-10(9(2)21-20-8)3-11(22)19-6-12-4-13(12,7-18-5-12)14(15,16)17/h18H,3-7H2,1-2H3,(H,19,22)(H,20,21)/t12-,13-/m1/s1. The smallest absolute Gasteiger partial charge is 0.355 e. The first-order chi connectivity index (χ1) is 10.2. The molecule has 5 nitrogen and oxygen atoms in total. The molecule has 1 aliphatic heterocycles. The summed E-state index contributed by atoms with van der Waals surface area (Å²) in [5.74, 6) is -0.267. The van der Waals surface area contributed by atoms with Crippen LogP contribution in [-0.2, 0) is 11.2 Å². The van der Waals surface area contributed by atoms with E-state index in [-0.39, 0.29) is 31.8 Å². The van der Waals surface area contributed by atoms with Crippen molar-refractivity contribution in [2.75, 3.05) is 19.6 Å². The Balaban J connectivity index is 1.61. The van der Waals surface area contributed by atoms with Gasteiger partial charge >= 0.3 is 6.18 Å². The number of aromatic amines is 1. The van der Waals surface area contributed by atoms with Gasteiger partial charge in [-0.1, -0.05) is 0 Å². The number of rotatable bonds is 4. The molecule has 2 fully saturated rings. The Bertz CT molecular complexity index is 592. The highest BCUT2D eigenvalue weighted by Crippen LogP contribution is 2.72. The van der Waals surface area contributed by atoms with Crippen LogP contribution in [0.2, 0.25) is 0 Å². The van der Waals surface area contributed by atoms with Gasteiger partial charge in [0.05, 0.1) is 17.5 Å². The molecule has 3 N–H and O–H groups in total. The maximum Gasteiger partial charge on any atom is 0.396 e. The largest absolute Gasteiger partial charge is 0.396 e. The Morgan fingerprint density at radius 3 is 2.64 bits per heavy atom. The molecular formula is C14H19F3N4O. The number of hydrogen-bond acceptors (Lipinski definition) is 3. The average Bonchev–Trinajstić information content (AvgIpc) is 2.79. The number of nitrogens with one attached hydrogen (secondary N) is 3. The first-order valence-corrected chi connectivity index (χ1v) is 7.25. The van der Waals surface area contributed by atoms with E-state index in [2.05, 4.69) is 20.8 Å². The summed E-state index contributed by atoms with van der Waals surface area (Å²) in [6.07, 6.45) is -3.99. The molecule has 1 aliphatic carbocycles. The third-order valence-corrected chi connectivity index (χ3v) is 5.21. The van der Waals surface area contributed by atoms with Crippen molar-refractivity contribution in [3.63, 3.8) is 0 Å². The second-order valence-corrected chi connectivity index (χ2v) is 6.51. The quantitative estimate of drug-likeness (QED) is 0.782. The van der Waals surface area contributed by atoms with Gasteiger partial charge in [-0.05, 0) is 20.3 Å². The van der Waals surface area contributed by atoms with Gasteiger partial charge in [0.25, 0.3) is 0 Å². The van der Waals surface area contributed by atoms with Crippen LogP contribution in [0, 0.1) is 24.7 Å². The lowest BCUT2D eigenvalue weighted by Gasteiger charge is -2.20. The predicted molar refractivity (Wildman–Crippen MR) is 73.2 cm³/mol. The van der Waals surface area contributed by atoms with Gasteiger partial charge < -0.3 is 10.6 Å². The van der Waals surface area contributed by atoms with E-state index in [1.807, 2.05) is 6.92 Å². The maximum absolute atomic E-state index is 13.2. The van der Waals surface area contributed by atoms with Crippen molar-refractivity contribution in [1.82, 2.24) is 20.8 Å². The highest BCUT2D eigenvalue weighted by Gasteiger charge is 2.81. The zero-order valence-electron chi connectivity index (χ0n) is 12.5. The third kappa shape index (κ3) is 2.12. The van der Waals surface area contributed by atoms with Gasteiger partial charge in [-0.2, -0.15) is 18.3 Å². The van der Waals surface area contributed by atoms with Crippen molar-refractivity contribution < 1.29 is 18.0 Å². The van der Waals surface area contributed by atoms with E-state index in [0.717, 1.165) is 17.0 Å². The van der Waals surface area contributed by atoms with Gasteiger partial charge in [0.2, 0.25) is 5.91 Å². The summed E-state index contributed by atoms with van der Waals surface area (Å²) in [7, 11) is 0. The molecule has 122 valence electrons. The predicted octanol–water partition coefficient (Wildman–Crippen LogP) is 1.23. The second-order valence-electron chi connectivity index (χ2n) is 6.51. The van der Waals surface area contributed by atoms with Crippen LogP contribution >= 0.6 is 0 Å². The van der Waals surface area contributed by atoms with Crippen molar-refractivity contribution in [2.45, 2.75) is 32.9 Å². The van der Waals surface area contributed by atoms with Crippen LogP contribution in [0.4, 0.5) is 13.2 Å². The molecular weight excluding hydrogens is 297 g/mol. The Kier molecular flexibility index (Phi) is 3.28. The number of fused-ring (bicyclic) bond motifs is 1. The lowest BCUT2D eigenvalue weighted by molar-refractivity contribution is -0.190. The first-order valence-electron chi connectivity index (χ1n) is 7.25. The molecule has 0 radical (unpaired) electrons. The minimum absolute atomic E-state index is 0.0493. The van der Waals surface area contributed by atoms with E-state index >= 15 is 0 Å². The van der Waals surface area contributed by atoms with Crippen LogP contribution in [0.15, 0.2) is 0 Å². The van der Waals surface area contributed by atoms with E-state index in [1.165, 1.54) is 0 Å². The number of hydrogen-bond donors (Lipinski definition) is 3. The molecule has 1 aromatic heterocycles. The van der Waals surface area contributed by atoms with Crippen LogP contribution in [0.1, 0.15) is 23.4 Å². The minimum Gasteiger partial charge on any atom is -0.355 e. The summed E-state index contributed by atoms with van der Waals surface area (Å²) in [5, 5.41) is 12.3. The van der Waals surface area contributed by atoms with Crippen molar-refractivity contribution in [3.8, 4) is 0 Å². The Morgan fingerprint density at radius 1 is 1.36 bits per heavy atom. The summed E-state index contributed by atoms with van der Waals surface area (Å²) < 4.78 is 39.6. The number of piperidine rings is 1. The lowest BCUT2D eigenvalue weighted by atomic mass is 9.95. The fourth-order valence-corrected chi connectivity index (χ4v) is 3.65. The molecule has 0 spiro atoms. The van der Waals surface area contributed by atoms with Gasteiger partial charge in [-0.3, -0.25) is 9.89 Å². The van der Waals surface area contributed by atoms with E-state index in [1.54, 1.807) is 6.92 Å². The zero-order valence-corrected chi connectivity index (χ0v) is 12.5. The summed E-state index contributed by atoms with van der Waals surface area (Å²) >= 11 is 0. The number of carbonyl (C=O) groups excluding carboxylic acids is 1. The average molecular weight is 316 g/mol. The zero-order chi connectivity index (χ0) is 16.2. The Hall–Kier alpha value is -1.57. The van der Waals surface area contributed by atoms with Crippen molar-refractivity contribution in [3.05, 3.63) is 17.0 Å².